The summed E-state index contributed by atoms with van der Waals surface area (Å²) in [7, 11) is 0. The molecule has 0 N–H and O–H groups in total. The molecule has 170 valence electrons. The van der Waals surface area contributed by atoms with E-state index in [9.17, 15) is 0 Å². The highest BCUT2D eigenvalue weighted by atomic mass is 15.3. The lowest BCUT2D eigenvalue weighted by molar-refractivity contribution is 1.07. The van der Waals surface area contributed by atoms with Crippen molar-refractivity contribution in [2.75, 3.05) is 0 Å². The first-order valence-electron chi connectivity index (χ1n) is 11.9. The smallest absolute Gasteiger partial charge is 0.168 e. The minimum Gasteiger partial charge on any atom is -0.309 e. The van der Waals surface area contributed by atoms with Crippen LogP contribution in [0.2, 0.25) is 0 Å². The minimum absolute atomic E-state index is 0.782. The first kappa shape index (κ1) is 20.4. The number of pyridine rings is 1. The molecule has 3 aromatic heterocycles. The molecule has 0 bridgehead atoms. The van der Waals surface area contributed by atoms with E-state index < -0.39 is 0 Å². The summed E-state index contributed by atoms with van der Waals surface area (Å²) >= 11 is 0. The van der Waals surface area contributed by atoms with E-state index in [4.69, 9.17) is 0 Å². The molecule has 0 radical (unpaired) electrons. The summed E-state index contributed by atoms with van der Waals surface area (Å²) in [6, 6.07) is 39.8. The van der Waals surface area contributed by atoms with E-state index in [1.54, 1.807) is 12.4 Å². The van der Waals surface area contributed by atoms with Crippen molar-refractivity contribution in [1.29, 1.82) is 0 Å². The Hall–Kier alpha value is -5.03. The Labute approximate surface area is 207 Å². The number of fused-ring (bicyclic) bond motifs is 3. The van der Waals surface area contributed by atoms with Gasteiger partial charge in [-0.2, -0.15) is 0 Å². The summed E-state index contributed by atoms with van der Waals surface area (Å²) < 4.78 is 4.42. The van der Waals surface area contributed by atoms with Gasteiger partial charge in [-0.05, 0) is 60.7 Å². The van der Waals surface area contributed by atoms with Gasteiger partial charge in [0.2, 0.25) is 0 Å². The molecular weight excluding hydrogens is 442 g/mol. The molecule has 0 aliphatic rings. The Balaban J connectivity index is 1.39. The molecule has 0 unspecified atom stereocenters. The maximum atomic E-state index is 4.62. The molecular formula is C31H21N5. The van der Waals surface area contributed by atoms with Crippen LogP contribution in [0.15, 0.2) is 128 Å². The lowest BCUT2D eigenvalue weighted by atomic mass is 10.1. The number of hydrogen-bond acceptors (Lipinski definition) is 3. The number of hydrogen-bond donors (Lipinski definition) is 0. The van der Waals surface area contributed by atoms with Gasteiger partial charge in [0.1, 0.15) is 0 Å². The topological polar surface area (TPSA) is 48.5 Å². The molecule has 7 rings (SSSR count). The summed E-state index contributed by atoms with van der Waals surface area (Å²) in [6.07, 6.45) is 3.55. The number of benzene rings is 4. The van der Waals surface area contributed by atoms with E-state index in [1.807, 2.05) is 30.3 Å². The van der Waals surface area contributed by atoms with Crippen molar-refractivity contribution in [1.82, 2.24) is 24.3 Å². The maximum absolute atomic E-state index is 4.62. The van der Waals surface area contributed by atoms with Crippen molar-refractivity contribution < 1.29 is 0 Å². The van der Waals surface area contributed by atoms with Crippen LogP contribution in [-0.4, -0.2) is 24.3 Å². The Morgan fingerprint density at radius 1 is 0.417 bits per heavy atom. The predicted octanol–water partition coefficient (Wildman–Crippen LogP) is 7.09. The van der Waals surface area contributed by atoms with Crippen molar-refractivity contribution >= 4 is 21.8 Å². The van der Waals surface area contributed by atoms with E-state index >= 15 is 0 Å². The van der Waals surface area contributed by atoms with Gasteiger partial charge in [-0.15, -0.1) is 10.2 Å². The molecule has 0 amide bonds. The lowest BCUT2D eigenvalue weighted by Crippen LogP contribution is -2.00. The molecule has 5 nitrogen and oxygen atoms in total. The van der Waals surface area contributed by atoms with Crippen LogP contribution in [0.1, 0.15) is 0 Å². The zero-order chi connectivity index (χ0) is 23.9. The van der Waals surface area contributed by atoms with Gasteiger partial charge in [0.05, 0.1) is 11.0 Å². The molecule has 4 aromatic carbocycles. The predicted molar refractivity (Wildman–Crippen MR) is 144 cm³/mol. The summed E-state index contributed by atoms with van der Waals surface area (Å²) in [5.74, 6) is 1.58. The fourth-order valence-corrected chi connectivity index (χ4v) is 4.94. The molecule has 36 heavy (non-hydrogen) atoms. The normalized spacial score (nSPS) is 11.3. The molecule has 7 aromatic rings. The average molecular weight is 464 g/mol. The second-order valence-corrected chi connectivity index (χ2v) is 8.67. The van der Waals surface area contributed by atoms with Gasteiger partial charge in [0.25, 0.3) is 0 Å². The molecule has 0 aliphatic carbocycles. The second kappa shape index (κ2) is 8.32. The third-order valence-corrected chi connectivity index (χ3v) is 6.58. The first-order valence-corrected chi connectivity index (χ1v) is 11.9. The van der Waals surface area contributed by atoms with E-state index in [-0.39, 0.29) is 0 Å². The van der Waals surface area contributed by atoms with Crippen molar-refractivity contribution in [3.05, 3.63) is 128 Å². The van der Waals surface area contributed by atoms with Crippen LogP contribution in [0.4, 0.5) is 0 Å². The number of para-hydroxylation sites is 3. The molecule has 0 atom stereocenters. The molecule has 5 heteroatoms. The molecule has 0 spiro atoms. The van der Waals surface area contributed by atoms with Crippen molar-refractivity contribution in [3.63, 3.8) is 0 Å². The minimum atomic E-state index is 0.782. The van der Waals surface area contributed by atoms with Crippen molar-refractivity contribution in [2.45, 2.75) is 0 Å². The molecule has 0 fully saturated rings. The third kappa shape index (κ3) is 3.21. The van der Waals surface area contributed by atoms with E-state index in [2.05, 4.69) is 109 Å². The van der Waals surface area contributed by atoms with Crippen LogP contribution in [0, 0.1) is 0 Å². The van der Waals surface area contributed by atoms with Crippen LogP contribution < -0.4 is 0 Å². The maximum Gasteiger partial charge on any atom is 0.168 e. The van der Waals surface area contributed by atoms with Crippen LogP contribution >= 0.6 is 0 Å². The summed E-state index contributed by atoms with van der Waals surface area (Å²) in [5, 5.41) is 11.7. The highest BCUT2D eigenvalue weighted by Crippen LogP contribution is 2.33. The Kier molecular flexibility index (Phi) is 4.71. The standard InChI is InChI=1S/C31H21N5/c1-2-8-24(9-3-1)36-30(33-34-31(36)23-18-20-32-21-19-23)22-14-16-25(17-15-22)35-28-12-6-4-10-26(28)27-11-5-7-13-29(27)35/h1-21H. The zero-order valence-electron chi connectivity index (χ0n) is 19.4. The fourth-order valence-electron chi connectivity index (χ4n) is 4.94. The monoisotopic (exact) mass is 463 g/mol. The Bertz CT molecular complexity index is 1760. The Morgan fingerprint density at radius 3 is 1.53 bits per heavy atom. The quantitative estimate of drug-likeness (QED) is 0.280. The summed E-state index contributed by atoms with van der Waals surface area (Å²) in [6.45, 7) is 0. The van der Waals surface area contributed by atoms with Crippen molar-refractivity contribution in [2.24, 2.45) is 0 Å². The number of aromatic nitrogens is 5. The van der Waals surface area contributed by atoms with E-state index in [0.717, 1.165) is 34.2 Å². The third-order valence-electron chi connectivity index (χ3n) is 6.58. The first-order chi connectivity index (χ1) is 17.9. The van der Waals surface area contributed by atoms with Crippen LogP contribution in [-0.2, 0) is 0 Å². The molecule has 3 heterocycles. The van der Waals surface area contributed by atoms with Gasteiger partial charge in [-0.25, -0.2) is 0 Å². The molecule has 0 saturated heterocycles. The number of rotatable bonds is 4. The average Bonchev–Trinajstić information content (AvgIpc) is 3.54. The van der Waals surface area contributed by atoms with E-state index in [0.29, 0.717) is 0 Å². The van der Waals surface area contributed by atoms with Gasteiger partial charge in [-0.3, -0.25) is 9.55 Å². The second-order valence-electron chi connectivity index (χ2n) is 8.67. The summed E-state index contributed by atoms with van der Waals surface area (Å²) in [4.78, 5) is 4.16. The van der Waals surface area contributed by atoms with Crippen LogP contribution in [0.3, 0.4) is 0 Å². The summed E-state index contributed by atoms with van der Waals surface area (Å²) in [5.41, 5.74) is 6.47. The van der Waals surface area contributed by atoms with Crippen LogP contribution in [0.25, 0.3) is 56.0 Å². The molecule has 0 saturated carbocycles. The van der Waals surface area contributed by atoms with Gasteiger partial charge < -0.3 is 4.57 Å². The Morgan fingerprint density at radius 2 is 0.917 bits per heavy atom. The zero-order valence-corrected chi connectivity index (χ0v) is 19.4. The number of nitrogens with zero attached hydrogens (tertiary/aromatic N) is 5. The highest BCUT2D eigenvalue weighted by Gasteiger charge is 2.18. The van der Waals surface area contributed by atoms with E-state index in [1.165, 1.54) is 21.8 Å². The van der Waals surface area contributed by atoms with Gasteiger partial charge in [0, 0.05) is 45.7 Å². The van der Waals surface area contributed by atoms with Gasteiger partial charge in [0.15, 0.2) is 11.6 Å². The van der Waals surface area contributed by atoms with Crippen LogP contribution in [0.5, 0.6) is 0 Å². The highest BCUT2D eigenvalue weighted by molar-refractivity contribution is 6.09. The van der Waals surface area contributed by atoms with Gasteiger partial charge in [-0.1, -0.05) is 54.6 Å². The van der Waals surface area contributed by atoms with Gasteiger partial charge >= 0.3 is 0 Å². The lowest BCUT2D eigenvalue weighted by Gasteiger charge is -2.12. The van der Waals surface area contributed by atoms with Crippen molar-refractivity contribution in [3.8, 4) is 34.2 Å². The fraction of sp³-hybridized carbons (Fsp3) is 0. The SMILES string of the molecule is c1ccc(-n2c(-c3ccncc3)nnc2-c2ccc(-n3c4ccccc4c4ccccc43)cc2)cc1. The molecule has 0 aliphatic heterocycles. The largest absolute Gasteiger partial charge is 0.309 e.